The maximum absolute atomic E-state index is 12.0. The molecular weight excluding hydrogens is 310 g/mol. The average molecular weight is 328 g/mol. The lowest BCUT2D eigenvalue weighted by atomic mass is 10.1. The molecule has 0 spiro atoms. The molecule has 0 aromatic heterocycles. The molecule has 0 aliphatic carbocycles. The normalized spacial score (nSPS) is 16.4. The van der Waals surface area contributed by atoms with Crippen molar-refractivity contribution in [2.75, 3.05) is 26.8 Å². The molecule has 1 fully saturated rings. The molecule has 0 unspecified atom stereocenters. The second-order valence-corrected chi connectivity index (χ2v) is 5.48. The van der Waals surface area contributed by atoms with E-state index in [9.17, 15) is 4.79 Å². The van der Waals surface area contributed by atoms with E-state index in [1.54, 1.807) is 7.11 Å². The van der Waals surface area contributed by atoms with E-state index in [1.807, 2.05) is 29.2 Å². The average Bonchev–Trinajstić information content (AvgIpc) is 2.45. The van der Waals surface area contributed by atoms with E-state index in [0.717, 1.165) is 30.4 Å². The molecule has 0 atom stereocenters. The van der Waals surface area contributed by atoms with Crippen LogP contribution >= 0.6 is 15.9 Å². The Kier molecular flexibility index (Phi) is 5.22. The van der Waals surface area contributed by atoms with E-state index in [0.29, 0.717) is 5.75 Å². The highest BCUT2D eigenvalue weighted by Gasteiger charge is 2.22. The van der Waals surface area contributed by atoms with Gasteiger partial charge in [-0.15, -0.1) is 0 Å². The summed E-state index contributed by atoms with van der Waals surface area (Å²) >= 11 is 3.37. The van der Waals surface area contributed by atoms with Crippen molar-refractivity contribution < 1.29 is 14.3 Å². The maximum Gasteiger partial charge on any atom is 0.260 e. The fraction of sp³-hybridized carbons (Fsp3) is 0.500. The second-order valence-electron chi connectivity index (χ2n) is 4.56. The van der Waals surface area contributed by atoms with Crippen LogP contribution in [-0.4, -0.2) is 43.7 Å². The summed E-state index contributed by atoms with van der Waals surface area (Å²) in [6, 6.07) is 7.50. The van der Waals surface area contributed by atoms with Crippen molar-refractivity contribution >= 4 is 21.8 Å². The number of piperidine rings is 1. The zero-order chi connectivity index (χ0) is 13.7. The summed E-state index contributed by atoms with van der Waals surface area (Å²) in [6.45, 7) is 1.59. The SMILES string of the molecule is COC1CCN(C(=O)COc2cccc(Br)c2)CC1. The quantitative estimate of drug-likeness (QED) is 0.852. The number of methoxy groups -OCH3 is 1. The van der Waals surface area contributed by atoms with Crippen LogP contribution in [0.3, 0.4) is 0 Å². The predicted octanol–water partition coefficient (Wildman–Crippen LogP) is 2.47. The molecule has 1 aliphatic heterocycles. The van der Waals surface area contributed by atoms with Gasteiger partial charge in [-0.2, -0.15) is 0 Å². The van der Waals surface area contributed by atoms with Crippen LogP contribution in [0.4, 0.5) is 0 Å². The molecule has 1 aromatic rings. The number of amides is 1. The van der Waals surface area contributed by atoms with E-state index in [2.05, 4.69) is 15.9 Å². The van der Waals surface area contributed by atoms with Crippen LogP contribution < -0.4 is 4.74 Å². The Morgan fingerprint density at radius 2 is 2.16 bits per heavy atom. The largest absolute Gasteiger partial charge is 0.484 e. The monoisotopic (exact) mass is 327 g/mol. The lowest BCUT2D eigenvalue weighted by Gasteiger charge is -2.31. The lowest BCUT2D eigenvalue weighted by molar-refractivity contribution is -0.135. The Bertz CT molecular complexity index is 430. The van der Waals surface area contributed by atoms with Gasteiger partial charge in [-0.05, 0) is 31.0 Å². The molecule has 0 bridgehead atoms. The molecule has 19 heavy (non-hydrogen) atoms. The summed E-state index contributed by atoms with van der Waals surface area (Å²) in [5, 5.41) is 0. The molecule has 1 aliphatic rings. The fourth-order valence-electron chi connectivity index (χ4n) is 2.13. The van der Waals surface area contributed by atoms with Gasteiger partial charge in [0.25, 0.3) is 5.91 Å². The molecule has 5 heteroatoms. The van der Waals surface area contributed by atoms with Crippen LogP contribution in [0.25, 0.3) is 0 Å². The number of halogens is 1. The van der Waals surface area contributed by atoms with Crippen molar-refractivity contribution in [3.8, 4) is 5.75 Å². The van der Waals surface area contributed by atoms with Crippen molar-refractivity contribution in [1.29, 1.82) is 0 Å². The Labute approximate surface area is 121 Å². The third-order valence-electron chi connectivity index (χ3n) is 3.29. The van der Waals surface area contributed by atoms with Gasteiger partial charge in [-0.1, -0.05) is 22.0 Å². The molecule has 1 amide bonds. The third kappa shape index (κ3) is 4.21. The van der Waals surface area contributed by atoms with E-state index in [1.165, 1.54) is 0 Å². The van der Waals surface area contributed by atoms with Crippen molar-refractivity contribution in [2.45, 2.75) is 18.9 Å². The second kappa shape index (κ2) is 6.91. The summed E-state index contributed by atoms with van der Waals surface area (Å²) in [6.07, 6.45) is 2.09. The minimum Gasteiger partial charge on any atom is -0.484 e. The first-order valence-corrected chi connectivity index (χ1v) is 7.17. The van der Waals surface area contributed by atoms with Gasteiger partial charge >= 0.3 is 0 Å². The fourth-order valence-corrected chi connectivity index (χ4v) is 2.51. The van der Waals surface area contributed by atoms with Crippen LogP contribution in [0.2, 0.25) is 0 Å². The molecule has 1 heterocycles. The van der Waals surface area contributed by atoms with Crippen LogP contribution in [0.5, 0.6) is 5.75 Å². The number of hydrogen-bond acceptors (Lipinski definition) is 3. The number of carbonyl (C=O) groups excluding carboxylic acids is 1. The van der Waals surface area contributed by atoms with E-state index in [-0.39, 0.29) is 18.6 Å². The summed E-state index contributed by atoms with van der Waals surface area (Å²) in [5.74, 6) is 0.740. The Morgan fingerprint density at radius 1 is 1.42 bits per heavy atom. The minimum absolute atomic E-state index is 0.0366. The van der Waals surface area contributed by atoms with Gasteiger partial charge in [0.05, 0.1) is 6.10 Å². The van der Waals surface area contributed by atoms with Gasteiger partial charge in [-0.25, -0.2) is 0 Å². The number of likely N-dealkylation sites (tertiary alicyclic amines) is 1. The molecule has 1 aromatic carbocycles. The molecule has 1 saturated heterocycles. The molecule has 104 valence electrons. The van der Waals surface area contributed by atoms with E-state index in [4.69, 9.17) is 9.47 Å². The number of nitrogens with zero attached hydrogens (tertiary/aromatic N) is 1. The van der Waals surface area contributed by atoms with Gasteiger partial charge in [0, 0.05) is 24.7 Å². The van der Waals surface area contributed by atoms with Crippen molar-refractivity contribution in [3.63, 3.8) is 0 Å². The third-order valence-corrected chi connectivity index (χ3v) is 3.78. The Morgan fingerprint density at radius 3 is 2.79 bits per heavy atom. The summed E-state index contributed by atoms with van der Waals surface area (Å²) in [5.41, 5.74) is 0. The Balaban J connectivity index is 1.79. The summed E-state index contributed by atoms with van der Waals surface area (Å²) < 4.78 is 11.7. The maximum atomic E-state index is 12.0. The van der Waals surface area contributed by atoms with Gasteiger partial charge in [-0.3, -0.25) is 4.79 Å². The highest BCUT2D eigenvalue weighted by molar-refractivity contribution is 9.10. The highest BCUT2D eigenvalue weighted by Crippen LogP contribution is 2.18. The zero-order valence-corrected chi connectivity index (χ0v) is 12.6. The first kappa shape index (κ1) is 14.3. The number of carbonyl (C=O) groups is 1. The van der Waals surface area contributed by atoms with Crippen LogP contribution in [0.15, 0.2) is 28.7 Å². The van der Waals surface area contributed by atoms with Gasteiger partial charge in [0.1, 0.15) is 5.75 Å². The first-order chi connectivity index (χ1) is 9.19. The smallest absolute Gasteiger partial charge is 0.260 e. The number of rotatable bonds is 4. The zero-order valence-electron chi connectivity index (χ0n) is 11.0. The van der Waals surface area contributed by atoms with Crippen molar-refractivity contribution in [2.24, 2.45) is 0 Å². The predicted molar refractivity (Wildman–Crippen MR) is 76.2 cm³/mol. The molecular formula is C14H18BrNO3. The Hall–Kier alpha value is -1.07. The number of benzene rings is 1. The van der Waals surface area contributed by atoms with Gasteiger partial charge in [0.15, 0.2) is 6.61 Å². The lowest BCUT2D eigenvalue weighted by Crippen LogP contribution is -2.42. The van der Waals surface area contributed by atoms with Gasteiger partial charge < -0.3 is 14.4 Å². The summed E-state index contributed by atoms with van der Waals surface area (Å²) in [7, 11) is 1.72. The molecule has 0 radical (unpaired) electrons. The minimum atomic E-state index is 0.0366. The van der Waals surface area contributed by atoms with Crippen LogP contribution in [0, 0.1) is 0 Å². The highest BCUT2D eigenvalue weighted by atomic mass is 79.9. The topological polar surface area (TPSA) is 38.8 Å². The standard InChI is InChI=1S/C14H18BrNO3/c1-18-12-5-7-16(8-6-12)14(17)10-19-13-4-2-3-11(15)9-13/h2-4,9,12H,5-8,10H2,1H3. The first-order valence-electron chi connectivity index (χ1n) is 6.38. The van der Waals surface area contributed by atoms with Gasteiger partial charge in [0.2, 0.25) is 0 Å². The summed E-state index contributed by atoms with van der Waals surface area (Å²) in [4.78, 5) is 13.8. The van der Waals surface area contributed by atoms with E-state index >= 15 is 0 Å². The van der Waals surface area contributed by atoms with E-state index < -0.39 is 0 Å². The van der Waals surface area contributed by atoms with Crippen LogP contribution in [0.1, 0.15) is 12.8 Å². The molecule has 0 N–H and O–H groups in total. The van der Waals surface area contributed by atoms with Crippen molar-refractivity contribution in [3.05, 3.63) is 28.7 Å². The molecule has 4 nitrogen and oxygen atoms in total. The number of ether oxygens (including phenoxy) is 2. The van der Waals surface area contributed by atoms with Crippen LogP contribution in [-0.2, 0) is 9.53 Å². The number of hydrogen-bond donors (Lipinski definition) is 0. The molecule has 2 rings (SSSR count). The molecule has 0 saturated carbocycles. The van der Waals surface area contributed by atoms with Crippen molar-refractivity contribution in [1.82, 2.24) is 4.90 Å².